The number of ketones is 1. The van der Waals surface area contributed by atoms with Crippen molar-refractivity contribution in [3.05, 3.63) is 52.8 Å². The fraction of sp³-hybridized carbons (Fsp3) is 0.176. The minimum Gasteiger partial charge on any atom is -0.457 e. The summed E-state index contributed by atoms with van der Waals surface area (Å²) < 4.78 is 68.8. The number of carbonyl (C=O) groups excluding carboxylic acids is 1. The molecule has 2 aromatic carbocycles. The van der Waals surface area contributed by atoms with E-state index in [9.17, 15) is 26.4 Å². The number of Topliss-reactive ketones (excluding diaryl/α,β-unsaturated/α-hetero) is 1. The zero-order valence-electron chi connectivity index (χ0n) is 13.5. The van der Waals surface area contributed by atoms with Crippen LogP contribution in [0.25, 0.3) is 0 Å². The van der Waals surface area contributed by atoms with Crippen LogP contribution in [0, 0.1) is 17.1 Å². The second-order valence-electron chi connectivity index (χ2n) is 5.69. The Morgan fingerprint density at radius 2 is 1.93 bits per heavy atom. The number of nitrogens with one attached hydrogen (secondary N) is 1. The van der Waals surface area contributed by atoms with E-state index in [1.54, 1.807) is 10.8 Å². The fourth-order valence-electron chi connectivity index (χ4n) is 2.75. The highest BCUT2D eigenvalue weighted by Crippen LogP contribution is 2.38. The van der Waals surface area contributed by atoms with E-state index in [1.807, 2.05) is 0 Å². The van der Waals surface area contributed by atoms with Crippen LogP contribution in [0.1, 0.15) is 27.9 Å². The number of nitriles is 1. The zero-order chi connectivity index (χ0) is 19.8. The SMILES string of the molecule is N#Cc1cc(F)cc(Oc2ccc(NS(=O)(=O)C(F)F)c3c2CCC3=O)c1. The Labute approximate surface area is 152 Å². The molecule has 10 heteroatoms. The number of halogens is 3. The molecule has 27 heavy (non-hydrogen) atoms. The highest BCUT2D eigenvalue weighted by Gasteiger charge is 2.31. The third-order valence-corrected chi connectivity index (χ3v) is 4.84. The predicted molar refractivity (Wildman–Crippen MR) is 88.8 cm³/mol. The Morgan fingerprint density at radius 1 is 1.19 bits per heavy atom. The Morgan fingerprint density at radius 3 is 2.59 bits per heavy atom. The van der Waals surface area contributed by atoms with E-state index in [1.165, 1.54) is 12.1 Å². The van der Waals surface area contributed by atoms with Crippen molar-refractivity contribution in [2.24, 2.45) is 0 Å². The molecule has 1 aliphatic rings. The molecule has 2 aromatic rings. The van der Waals surface area contributed by atoms with Gasteiger partial charge in [0.15, 0.2) is 5.78 Å². The zero-order valence-corrected chi connectivity index (χ0v) is 14.3. The highest BCUT2D eigenvalue weighted by molar-refractivity contribution is 7.93. The van der Waals surface area contributed by atoms with E-state index >= 15 is 0 Å². The van der Waals surface area contributed by atoms with Crippen LogP contribution in [0.15, 0.2) is 30.3 Å². The quantitative estimate of drug-likeness (QED) is 0.833. The summed E-state index contributed by atoms with van der Waals surface area (Å²) in [4.78, 5) is 12.1. The lowest BCUT2D eigenvalue weighted by Gasteiger charge is -2.15. The van der Waals surface area contributed by atoms with Crippen LogP contribution in [-0.2, 0) is 16.4 Å². The summed E-state index contributed by atoms with van der Waals surface area (Å²) in [6.07, 6.45) is 0.250. The molecule has 140 valence electrons. The van der Waals surface area contributed by atoms with Crippen LogP contribution >= 0.6 is 0 Å². The first-order valence-corrected chi connectivity index (χ1v) is 9.13. The lowest BCUT2D eigenvalue weighted by Crippen LogP contribution is -2.21. The Bertz CT molecular complexity index is 1080. The summed E-state index contributed by atoms with van der Waals surface area (Å²) >= 11 is 0. The highest BCUT2D eigenvalue weighted by atomic mass is 32.2. The van der Waals surface area contributed by atoms with Crippen molar-refractivity contribution in [3.8, 4) is 17.6 Å². The number of fused-ring (bicyclic) bond motifs is 1. The molecular formula is C17H11F3N2O4S. The van der Waals surface area contributed by atoms with Crippen LogP contribution in [0.5, 0.6) is 11.5 Å². The van der Waals surface area contributed by atoms with Crippen LogP contribution in [0.4, 0.5) is 18.9 Å². The molecule has 0 saturated carbocycles. The number of benzene rings is 2. The predicted octanol–water partition coefficient (Wildman–Crippen LogP) is 3.58. The molecular weight excluding hydrogens is 385 g/mol. The van der Waals surface area contributed by atoms with Gasteiger partial charge in [-0.3, -0.25) is 9.52 Å². The summed E-state index contributed by atoms with van der Waals surface area (Å²) in [6.45, 7) is 0. The van der Waals surface area contributed by atoms with Gasteiger partial charge in [0, 0.05) is 23.6 Å². The molecule has 0 atom stereocenters. The van der Waals surface area contributed by atoms with Crippen LogP contribution < -0.4 is 9.46 Å². The fourth-order valence-corrected chi connectivity index (χ4v) is 3.32. The van der Waals surface area contributed by atoms with E-state index in [-0.39, 0.29) is 41.2 Å². The van der Waals surface area contributed by atoms with E-state index < -0.39 is 27.4 Å². The van der Waals surface area contributed by atoms with Crippen molar-refractivity contribution in [3.63, 3.8) is 0 Å². The molecule has 0 spiro atoms. The maximum absolute atomic E-state index is 13.5. The van der Waals surface area contributed by atoms with Gasteiger partial charge in [0.1, 0.15) is 17.3 Å². The molecule has 3 rings (SSSR count). The lowest BCUT2D eigenvalue weighted by atomic mass is 10.1. The summed E-state index contributed by atoms with van der Waals surface area (Å²) in [5, 5.41) is 8.89. The molecule has 0 aliphatic heterocycles. The van der Waals surface area contributed by atoms with Crippen LogP contribution in [0.3, 0.4) is 0 Å². The number of carbonyl (C=O) groups is 1. The Kier molecular flexibility index (Phi) is 4.80. The number of ether oxygens (including phenoxy) is 1. The third-order valence-electron chi connectivity index (χ3n) is 3.87. The molecule has 6 nitrogen and oxygen atoms in total. The molecule has 1 aliphatic carbocycles. The number of sulfonamides is 1. The standard InChI is InChI=1S/C17H11F3N2O4S/c18-10-5-9(8-21)6-11(7-10)26-15-4-2-13(22-27(24,25)17(19)20)16-12(15)1-3-14(16)23/h2,4-7,17,22H,1,3H2. The maximum Gasteiger partial charge on any atom is 0.355 e. The van der Waals surface area contributed by atoms with Gasteiger partial charge in [-0.05, 0) is 30.7 Å². The normalized spacial score (nSPS) is 13.4. The van der Waals surface area contributed by atoms with Gasteiger partial charge >= 0.3 is 5.76 Å². The van der Waals surface area contributed by atoms with Gasteiger partial charge in [-0.15, -0.1) is 0 Å². The molecule has 0 saturated heterocycles. The van der Waals surface area contributed by atoms with E-state index in [0.29, 0.717) is 5.56 Å². The van der Waals surface area contributed by atoms with Crippen LogP contribution in [0.2, 0.25) is 0 Å². The topological polar surface area (TPSA) is 96.3 Å². The molecule has 0 fully saturated rings. The van der Waals surface area contributed by atoms with Crippen molar-refractivity contribution in [2.45, 2.75) is 18.6 Å². The molecule has 0 amide bonds. The number of alkyl halides is 2. The average Bonchev–Trinajstić information content (AvgIpc) is 2.99. The van der Waals surface area contributed by atoms with Gasteiger partial charge in [0.2, 0.25) is 0 Å². The van der Waals surface area contributed by atoms with Gasteiger partial charge < -0.3 is 4.74 Å². The van der Waals surface area contributed by atoms with Crippen molar-refractivity contribution in [1.82, 2.24) is 0 Å². The third kappa shape index (κ3) is 3.73. The molecule has 0 heterocycles. The van der Waals surface area contributed by atoms with Gasteiger partial charge in [0.25, 0.3) is 10.0 Å². The molecule has 0 bridgehead atoms. The first-order valence-electron chi connectivity index (χ1n) is 7.58. The molecule has 0 radical (unpaired) electrons. The summed E-state index contributed by atoms with van der Waals surface area (Å²) in [7, 11) is -4.94. The van der Waals surface area contributed by atoms with Gasteiger partial charge in [-0.25, -0.2) is 12.8 Å². The maximum atomic E-state index is 13.5. The van der Waals surface area contributed by atoms with Crippen molar-refractivity contribution in [2.75, 3.05) is 4.72 Å². The Balaban J connectivity index is 2.02. The first kappa shape index (κ1) is 18.7. The van der Waals surface area contributed by atoms with E-state index in [2.05, 4.69) is 0 Å². The summed E-state index contributed by atoms with van der Waals surface area (Å²) in [6, 6.07) is 7.54. The second kappa shape index (κ2) is 6.92. The number of rotatable bonds is 5. The minimum absolute atomic E-state index is 0.00834. The number of nitrogens with zero attached hydrogens (tertiary/aromatic N) is 1. The van der Waals surface area contributed by atoms with Crippen molar-refractivity contribution < 1.29 is 31.1 Å². The number of hydrogen-bond donors (Lipinski definition) is 1. The molecule has 1 N–H and O–H groups in total. The van der Waals surface area contributed by atoms with Gasteiger partial charge in [0.05, 0.1) is 17.3 Å². The van der Waals surface area contributed by atoms with Crippen molar-refractivity contribution >= 4 is 21.5 Å². The lowest BCUT2D eigenvalue weighted by molar-refractivity contribution is 0.0995. The van der Waals surface area contributed by atoms with E-state index in [0.717, 1.165) is 18.2 Å². The smallest absolute Gasteiger partial charge is 0.355 e. The Hall–Kier alpha value is -3.06. The van der Waals surface area contributed by atoms with E-state index in [4.69, 9.17) is 10.00 Å². The van der Waals surface area contributed by atoms with Gasteiger partial charge in [-0.2, -0.15) is 14.0 Å². The van der Waals surface area contributed by atoms with Crippen LogP contribution in [-0.4, -0.2) is 20.0 Å². The monoisotopic (exact) mass is 396 g/mol. The minimum atomic E-state index is -4.94. The van der Waals surface area contributed by atoms with Crippen molar-refractivity contribution in [1.29, 1.82) is 5.26 Å². The number of anilines is 1. The first-order chi connectivity index (χ1) is 12.7. The molecule has 0 aromatic heterocycles. The summed E-state index contributed by atoms with van der Waals surface area (Å²) in [5.41, 5.74) is 0.0158. The summed E-state index contributed by atoms with van der Waals surface area (Å²) in [5.74, 6) is -4.63. The largest absolute Gasteiger partial charge is 0.457 e. The molecule has 0 unspecified atom stereocenters. The van der Waals surface area contributed by atoms with Gasteiger partial charge in [-0.1, -0.05) is 0 Å². The second-order valence-corrected chi connectivity index (χ2v) is 7.34. The average molecular weight is 396 g/mol. The number of hydrogen-bond acceptors (Lipinski definition) is 5.